The first-order valence-electron chi connectivity index (χ1n) is 6.86. The second kappa shape index (κ2) is 5.71. The first-order chi connectivity index (χ1) is 9.74. The molecule has 1 aliphatic heterocycles. The van der Waals surface area contributed by atoms with Crippen LogP contribution in [0.1, 0.15) is 29.5 Å². The molecule has 3 rings (SSSR count). The number of aryl methyl sites for hydroxylation is 1. The largest absolute Gasteiger partial charge is 0.295 e. The Bertz CT molecular complexity index is 605. The molecule has 0 unspecified atom stereocenters. The monoisotopic (exact) mass is 282 g/mol. The molecule has 2 nitrogen and oxygen atoms in total. The van der Waals surface area contributed by atoms with Crippen LogP contribution in [0.5, 0.6) is 0 Å². The third kappa shape index (κ3) is 2.73. The van der Waals surface area contributed by atoms with E-state index in [2.05, 4.69) is 79.0 Å². The third-order valence-corrected chi connectivity index (χ3v) is 4.93. The van der Waals surface area contributed by atoms with Gasteiger partial charge in [-0.15, -0.1) is 0 Å². The van der Waals surface area contributed by atoms with E-state index in [0.717, 1.165) is 5.04 Å². The van der Waals surface area contributed by atoms with Gasteiger partial charge in [0.15, 0.2) is 0 Å². The molecule has 2 aromatic rings. The molecule has 1 N–H and O–H groups in total. The van der Waals surface area contributed by atoms with E-state index in [4.69, 9.17) is 0 Å². The van der Waals surface area contributed by atoms with Crippen molar-refractivity contribution >= 4 is 16.8 Å². The Morgan fingerprint density at radius 1 is 1.05 bits per heavy atom. The van der Waals surface area contributed by atoms with Crippen molar-refractivity contribution < 1.29 is 0 Å². The molecule has 102 valence electrons. The number of hydrazone groups is 1. The SMILES string of the molecule is Cc1ccc(C2=NN[C@@H]([C@H](C)c3ccccc3)S2)cc1. The van der Waals surface area contributed by atoms with Crippen molar-refractivity contribution in [3.8, 4) is 0 Å². The molecule has 0 amide bonds. The summed E-state index contributed by atoms with van der Waals surface area (Å²) in [7, 11) is 0. The van der Waals surface area contributed by atoms with Gasteiger partial charge >= 0.3 is 0 Å². The van der Waals surface area contributed by atoms with Crippen molar-refractivity contribution in [2.24, 2.45) is 5.10 Å². The van der Waals surface area contributed by atoms with Gasteiger partial charge in [0.05, 0.1) is 0 Å². The fourth-order valence-corrected chi connectivity index (χ4v) is 3.35. The van der Waals surface area contributed by atoms with Crippen LogP contribution >= 0.6 is 11.8 Å². The normalized spacial score (nSPS) is 19.3. The number of thioether (sulfide) groups is 1. The Kier molecular flexibility index (Phi) is 3.79. The summed E-state index contributed by atoms with van der Waals surface area (Å²) in [5, 5.41) is 5.87. The molecule has 0 saturated carbocycles. The van der Waals surface area contributed by atoms with Crippen molar-refractivity contribution in [3.05, 3.63) is 71.3 Å². The molecule has 0 aromatic heterocycles. The molecule has 1 aliphatic rings. The van der Waals surface area contributed by atoms with E-state index in [1.54, 1.807) is 0 Å². The maximum atomic E-state index is 4.49. The first-order valence-corrected chi connectivity index (χ1v) is 7.74. The average Bonchev–Trinajstić information content (AvgIpc) is 2.98. The number of hydrogen-bond acceptors (Lipinski definition) is 3. The topological polar surface area (TPSA) is 24.4 Å². The molecule has 20 heavy (non-hydrogen) atoms. The Labute approximate surface area is 124 Å². The first kappa shape index (κ1) is 13.3. The molecular weight excluding hydrogens is 264 g/mol. The lowest BCUT2D eigenvalue weighted by Gasteiger charge is -2.18. The van der Waals surface area contributed by atoms with E-state index in [0.29, 0.717) is 11.3 Å². The lowest BCUT2D eigenvalue weighted by atomic mass is 10.0. The summed E-state index contributed by atoms with van der Waals surface area (Å²) < 4.78 is 0. The molecule has 0 radical (unpaired) electrons. The fraction of sp³-hybridized carbons (Fsp3) is 0.235. The number of nitrogens with zero attached hydrogens (tertiary/aromatic N) is 1. The summed E-state index contributed by atoms with van der Waals surface area (Å²) in [6, 6.07) is 19.1. The molecule has 0 bridgehead atoms. The van der Waals surface area contributed by atoms with Crippen LogP contribution in [-0.2, 0) is 0 Å². The van der Waals surface area contributed by atoms with E-state index in [1.807, 2.05) is 11.8 Å². The van der Waals surface area contributed by atoms with E-state index >= 15 is 0 Å². The molecule has 3 heteroatoms. The lowest BCUT2D eigenvalue weighted by Crippen LogP contribution is -2.22. The van der Waals surface area contributed by atoms with Gasteiger partial charge in [0.25, 0.3) is 0 Å². The van der Waals surface area contributed by atoms with E-state index in [1.165, 1.54) is 16.7 Å². The number of rotatable bonds is 3. The zero-order chi connectivity index (χ0) is 13.9. The highest BCUT2D eigenvalue weighted by molar-refractivity contribution is 8.15. The Hall–Kier alpha value is -1.74. The summed E-state index contributed by atoms with van der Waals surface area (Å²) in [6.45, 7) is 4.35. The van der Waals surface area contributed by atoms with Crippen LogP contribution in [0.15, 0.2) is 59.7 Å². The second-order valence-corrected chi connectivity index (χ2v) is 6.28. The van der Waals surface area contributed by atoms with Crippen molar-refractivity contribution in [2.75, 3.05) is 0 Å². The maximum absolute atomic E-state index is 4.49. The molecule has 2 atom stereocenters. The summed E-state index contributed by atoms with van der Waals surface area (Å²) in [4.78, 5) is 0. The quantitative estimate of drug-likeness (QED) is 0.915. The predicted molar refractivity (Wildman–Crippen MR) is 87.1 cm³/mol. The summed E-state index contributed by atoms with van der Waals surface area (Å²) in [5.41, 5.74) is 7.08. The van der Waals surface area contributed by atoms with Gasteiger partial charge in [0.1, 0.15) is 10.4 Å². The molecule has 2 aromatic carbocycles. The van der Waals surface area contributed by atoms with Crippen LogP contribution in [0.4, 0.5) is 0 Å². The molecule has 0 aliphatic carbocycles. The number of hydrogen-bond donors (Lipinski definition) is 1. The maximum Gasteiger partial charge on any atom is 0.125 e. The van der Waals surface area contributed by atoms with Gasteiger partial charge in [0, 0.05) is 11.5 Å². The Balaban J connectivity index is 1.71. The minimum Gasteiger partial charge on any atom is -0.295 e. The van der Waals surface area contributed by atoms with Crippen molar-refractivity contribution in [1.82, 2.24) is 5.43 Å². The van der Waals surface area contributed by atoms with Gasteiger partial charge in [-0.1, -0.05) is 78.8 Å². The lowest BCUT2D eigenvalue weighted by molar-refractivity contribution is 0.609. The summed E-state index contributed by atoms with van der Waals surface area (Å²) in [6.07, 6.45) is 0. The molecule has 0 saturated heterocycles. The zero-order valence-corrected chi connectivity index (χ0v) is 12.5. The van der Waals surface area contributed by atoms with Crippen LogP contribution in [-0.4, -0.2) is 10.4 Å². The average molecular weight is 282 g/mol. The van der Waals surface area contributed by atoms with Crippen LogP contribution in [0.2, 0.25) is 0 Å². The van der Waals surface area contributed by atoms with E-state index < -0.39 is 0 Å². The molecule has 0 fully saturated rings. The molecule has 1 heterocycles. The minimum absolute atomic E-state index is 0.300. The van der Waals surface area contributed by atoms with E-state index in [9.17, 15) is 0 Å². The highest BCUT2D eigenvalue weighted by Gasteiger charge is 2.26. The highest BCUT2D eigenvalue weighted by atomic mass is 32.2. The van der Waals surface area contributed by atoms with Crippen molar-refractivity contribution in [2.45, 2.75) is 25.1 Å². The molecule has 0 spiro atoms. The van der Waals surface area contributed by atoms with Gasteiger partial charge in [-0.25, -0.2) is 0 Å². The summed E-state index contributed by atoms with van der Waals surface area (Å²) >= 11 is 1.81. The van der Waals surface area contributed by atoms with Crippen LogP contribution in [0.3, 0.4) is 0 Å². The minimum atomic E-state index is 0.300. The van der Waals surface area contributed by atoms with E-state index in [-0.39, 0.29) is 0 Å². The van der Waals surface area contributed by atoms with Gasteiger partial charge in [-0.2, -0.15) is 5.10 Å². The van der Waals surface area contributed by atoms with Crippen molar-refractivity contribution in [1.29, 1.82) is 0 Å². The van der Waals surface area contributed by atoms with Crippen LogP contribution in [0, 0.1) is 6.92 Å². The van der Waals surface area contributed by atoms with Crippen LogP contribution < -0.4 is 5.43 Å². The summed E-state index contributed by atoms with van der Waals surface area (Å²) in [5.74, 6) is 0.424. The molecular formula is C17H18N2S. The fourth-order valence-electron chi connectivity index (χ4n) is 2.27. The predicted octanol–water partition coefficient (Wildman–Crippen LogP) is 4.12. The standard InChI is InChI=1S/C17H18N2S/c1-12-8-10-15(11-9-12)17-19-18-16(20-17)13(2)14-6-4-3-5-7-14/h3-11,13,16,18H,1-2H3/t13-,16-/m1/s1. The second-order valence-electron chi connectivity index (χ2n) is 5.15. The van der Waals surface area contributed by atoms with Gasteiger partial charge in [0.2, 0.25) is 0 Å². The van der Waals surface area contributed by atoms with Gasteiger partial charge in [-0.05, 0) is 12.5 Å². The van der Waals surface area contributed by atoms with Crippen LogP contribution in [0.25, 0.3) is 0 Å². The zero-order valence-electron chi connectivity index (χ0n) is 11.7. The highest BCUT2D eigenvalue weighted by Crippen LogP contribution is 2.32. The Morgan fingerprint density at radius 3 is 2.45 bits per heavy atom. The number of benzene rings is 2. The Morgan fingerprint density at radius 2 is 1.75 bits per heavy atom. The van der Waals surface area contributed by atoms with Gasteiger partial charge in [-0.3, -0.25) is 5.43 Å². The smallest absolute Gasteiger partial charge is 0.125 e. The van der Waals surface area contributed by atoms with Crippen molar-refractivity contribution in [3.63, 3.8) is 0 Å². The number of nitrogens with one attached hydrogen (secondary N) is 1. The third-order valence-electron chi connectivity index (χ3n) is 3.61. The van der Waals surface area contributed by atoms with Gasteiger partial charge < -0.3 is 0 Å².